The van der Waals surface area contributed by atoms with Gasteiger partial charge in [0.25, 0.3) is 5.91 Å². The van der Waals surface area contributed by atoms with Crippen molar-refractivity contribution in [2.45, 2.75) is 50.6 Å². The van der Waals surface area contributed by atoms with Crippen molar-refractivity contribution in [3.05, 3.63) is 54.0 Å². The molecule has 8 rings (SSSR count). The molecule has 3 saturated carbocycles. The van der Waals surface area contributed by atoms with Crippen molar-refractivity contribution in [2.24, 2.45) is 22.7 Å². The van der Waals surface area contributed by atoms with Gasteiger partial charge < -0.3 is 4.90 Å². The SMILES string of the molecule is O=C(C1CC1)N1CC(CN2C(=O)C3(CC3)N=C2c2ccc(-c3ccc4c(cnn4CC4CC4)c3)cc2F)C1. The number of halogens is 1. The van der Waals surface area contributed by atoms with E-state index in [0.29, 0.717) is 31.0 Å². The molecule has 3 aromatic rings. The van der Waals surface area contributed by atoms with Gasteiger partial charge in [-0.3, -0.25) is 24.2 Å². The molecule has 1 aromatic heterocycles. The molecule has 194 valence electrons. The van der Waals surface area contributed by atoms with Crippen LogP contribution < -0.4 is 0 Å². The molecular formula is C30H30FN5O2. The molecule has 4 fully saturated rings. The highest BCUT2D eigenvalue weighted by atomic mass is 19.1. The standard InChI is InChI=1S/C30H30FN5O2/c31-25-12-22(21-6-8-26-23(11-21)13-32-36(26)17-18-1-2-18)5-7-24(25)27-33-30(9-10-30)29(38)35(27)16-19-14-34(15-19)28(37)20-3-4-20/h5-8,11-13,18-20H,1-4,9-10,14-17H2. The molecule has 8 heteroatoms. The number of carbonyl (C=O) groups is 2. The van der Waals surface area contributed by atoms with Gasteiger partial charge in [-0.25, -0.2) is 4.39 Å². The van der Waals surface area contributed by atoms with E-state index in [9.17, 15) is 9.59 Å². The Kier molecular flexibility index (Phi) is 4.71. The summed E-state index contributed by atoms with van der Waals surface area (Å²) in [7, 11) is 0. The third-order valence-corrected chi connectivity index (χ3v) is 8.89. The first-order valence-electron chi connectivity index (χ1n) is 13.9. The minimum absolute atomic E-state index is 0.0170. The molecule has 0 atom stereocenters. The molecule has 3 aliphatic carbocycles. The van der Waals surface area contributed by atoms with Crippen LogP contribution >= 0.6 is 0 Å². The van der Waals surface area contributed by atoms with Gasteiger partial charge in [-0.2, -0.15) is 5.10 Å². The highest BCUT2D eigenvalue weighted by Gasteiger charge is 2.58. The number of hydrogen-bond acceptors (Lipinski definition) is 4. The third-order valence-electron chi connectivity index (χ3n) is 8.89. The van der Waals surface area contributed by atoms with E-state index in [1.165, 1.54) is 12.8 Å². The second kappa shape index (κ2) is 7.98. The molecule has 0 radical (unpaired) electrons. The van der Waals surface area contributed by atoms with E-state index in [2.05, 4.69) is 21.9 Å². The van der Waals surface area contributed by atoms with Crippen molar-refractivity contribution in [1.82, 2.24) is 19.6 Å². The van der Waals surface area contributed by atoms with Gasteiger partial charge in [-0.05, 0) is 79.8 Å². The van der Waals surface area contributed by atoms with Crippen molar-refractivity contribution in [2.75, 3.05) is 19.6 Å². The number of benzene rings is 2. The molecule has 5 aliphatic rings. The summed E-state index contributed by atoms with van der Waals surface area (Å²) in [6.45, 7) is 2.78. The van der Waals surface area contributed by atoms with Crippen LogP contribution in [-0.4, -0.2) is 62.4 Å². The Labute approximate surface area is 220 Å². The van der Waals surface area contributed by atoms with Gasteiger partial charge in [0, 0.05) is 43.4 Å². The molecule has 3 heterocycles. The van der Waals surface area contributed by atoms with E-state index >= 15 is 4.39 Å². The van der Waals surface area contributed by atoms with Gasteiger partial charge in [0.2, 0.25) is 5.91 Å². The van der Waals surface area contributed by atoms with Gasteiger partial charge in [-0.1, -0.05) is 12.1 Å². The first-order chi connectivity index (χ1) is 18.5. The van der Waals surface area contributed by atoms with Crippen molar-refractivity contribution in [3.63, 3.8) is 0 Å². The summed E-state index contributed by atoms with van der Waals surface area (Å²) in [5.74, 6) is 1.46. The van der Waals surface area contributed by atoms with Crippen molar-refractivity contribution < 1.29 is 14.0 Å². The number of nitrogens with zero attached hydrogens (tertiary/aromatic N) is 5. The Morgan fingerprint density at radius 2 is 1.74 bits per heavy atom. The maximum Gasteiger partial charge on any atom is 0.256 e. The highest BCUT2D eigenvalue weighted by molar-refractivity contribution is 6.16. The lowest BCUT2D eigenvalue weighted by Gasteiger charge is -2.41. The molecule has 2 aliphatic heterocycles. The minimum atomic E-state index is -0.695. The van der Waals surface area contributed by atoms with Crippen LogP contribution in [0.3, 0.4) is 0 Å². The van der Waals surface area contributed by atoms with E-state index in [1.54, 1.807) is 17.0 Å². The Bertz CT molecular complexity index is 1520. The molecule has 1 spiro atoms. The summed E-state index contributed by atoms with van der Waals surface area (Å²) in [6.07, 6.45) is 7.87. The monoisotopic (exact) mass is 511 g/mol. The normalized spacial score (nSPS) is 22.3. The number of amides is 2. The van der Waals surface area contributed by atoms with Crippen molar-refractivity contribution in [1.29, 1.82) is 0 Å². The summed E-state index contributed by atoms with van der Waals surface area (Å²) in [5, 5.41) is 5.61. The van der Waals surface area contributed by atoms with Crippen LogP contribution in [0, 0.1) is 23.6 Å². The molecule has 2 amide bonds. The number of aliphatic imine (C=N–C) groups is 1. The van der Waals surface area contributed by atoms with Crippen molar-refractivity contribution >= 4 is 28.6 Å². The quantitative estimate of drug-likeness (QED) is 0.476. The fourth-order valence-electron chi connectivity index (χ4n) is 6.02. The van der Waals surface area contributed by atoms with E-state index in [0.717, 1.165) is 60.2 Å². The summed E-state index contributed by atoms with van der Waals surface area (Å²) in [6, 6.07) is 11.4. The fraction of sp³-hybridized carbons (Fsp3) is 0.467. The van der Waals surface area contributed by atoms with Gasteiger partial charge in [0.1, 0.15) is 17.2 Å². The van der Waals surface area contributed by atoms with Crippen LogP contribution in [0.2, 0.25) is 0 Å². The van der Waals surface area contributed by atoms with Gasteiger partial charge in [0.05, 0.1) is 17.3 Å². The number of likely N-dealkylation sites (tertiary alicyclic amines) is 1. The lowest BCUT2D eigenvalue weighted by molar-refractivity contribution is -0.139. The summed E-state index contributed by atoms with van der Waals surface area (Å²) >= 11 is 0. The molecule has 0 N–H and O–H groups in total. The zero-order chi connectivity index (χ0) is 25.6. The molecule has 0 unspecified atom stereocenters. The molecular weight excluding hydrogens is 481 g/mol. The van der Waals surface area contributed by atoms with Crippen LogP contribution in [-0.2, 0) is 16.1 Å². The molecule has 2 aromatic carbocycles. The number of amidine groups is 1. The van der Waals surface area contributed by atoms with Crippen LogP contribution in [0.15, 0.2) is 47.6 Å². The van der Waals surface area contributed by atoms with Crippen LogP contribution in [0.1, 0.15) is 44.1 Å². The summed E-state index contributed by atoms with van der Waals surface area (Å²) in [5.41, 5.74) is 2.50. The number of aromatic nitrogens is 2. The zero-order valence-electron chi connectivity index (χ0n) is 21.3. The third kappa shape index (κ3) is 3.68. The van der Waals surface area contributed by atoms with E-state index in [4.69, 9.17) is 4.99 Å². The van der Waals surface area contributed by atoms with Crippen LogP contribution in [0.4, 0.5) is 4.39 Å². The Morgan fingerprint density at radius 3 is 2.45 bits per heavy atom. The maximum atomic E-state index is 15.6. The van der Waals surface area contributed by atoms with Gasteiger partial charge >= 0.3 is 0 Å². The largest absolute Gasteiger partial charge is 0.342 e. The Morgan fingerprint density at radius 1 is 0.974 bits per heavy atom. The molecule has 38 heavy (non-hydrogen) atoms. The first-order valence-corrected chi connectivity index (χ1v) is 13.9. The average Bonchev–Trinajstić information content (AvgIpc) is 3.76. The summed E-state index contributed by atoms with van der Waals surface area (Å²) in [4.78, 5) is 33.9. The van der Waals surface area contributed by atoms with E-state index in [-0.39, 0.29) is 29.5 Å². The molecule has 1 saturated heterocycles. The van der Waals surface area contributed by atoms with Crippen LogP contribution in [0.5, 0.6) is 0 Å². The number of carbonyl (C=O) groups excluding carboxylic acids is 2. The predicted molar refractivity (Wildman–Crippen MR) is 141 cm³/mol. The van der Waals surface area contributed by atoms with Crippen LogP contribution in [0.25, 0.3) is 22.0 Å². The molecule has 7 nitrogen and oxygen atoms in total. The predicted octanol–water partition coefficient (Wildman–Crippen LogP) is 4.24. The van der Waals surface area contributed by atoms with Gasteiger partial charge in [0.15, 0.2) is 0 Å². The van der Waals surface area contributed by atoms with Crippen molar-refractivity contribution in [3.8, 4) is 11.1 Å². The molecule has 0 bridgehead atoms. The lowest BCUT2D eigenvalue weighted by atomic mass is 9.97. The lowest BCUT2D eigenvalue weighted by Crippen LogP contribution is -2.55. The second-order valence-corrected chi connectivity index (χ2v) is 12.0. The fourth-order valence-corrected chi connectivity index (χ4v) is 6.02. The maximum absolute atomic E-state index is 15.6. The van der Waals surface area contributed by atoms with Gasteiger partial charge in [-0.15, -0.1) is 0 Å². The smallest absolute Gasteiger partial charge is 0.256 e. The minimum Gasteiger partial charge on any atom is -0.342 e. The number of hydrogen-bond donors (Lipinski definition) is 0. The topological polar surface area (TPSA) is 70.8 Å². The van der Waals surface area contributed by atoms with E-state index < -0.39 is 5.54 Å². The number of fused-ring (bicyclic) bond motifs is 1. The Hall–Kier alpha value is -3.55. The first kappa shape index (κ1) is 22.4. The second-order valence-electron chi connectivity index (χ2n) is 12.0. The zero-order valence-corrected chi connectivity index (χ0v) is 21.3. The Balaban J connectivity index is 1.03. The average molecular weight is 512 g/mol. The van der Waals surface area contributed by atoms with E-state index in [1.807, 2.05) is 23.2 Å². The highest BCUT2D eigenvalue weighted by Crippen LogP contribution is 2.46. The number of rotatable bonds is 7. The summed E-state index contributed by atoms with van der Waals surface area (Å²) < 4.78 is 17.7.